The molecule has 1 aliphatic carbocycles. The zero-order valence-electron chi connectivity index (χ0n) is 24.2. The van der Waals surface area contributed by atoms with Crippen LogP contribution in [-0.4, -0.2) is 57.7 Å². The Hall–Kier alpha value is -3.70. The van der Waals surface area contributed by atoms with Crippen LogP contribution in [0, 0.1) is 12.8 Å². The van der Waals surface area contributed by atoms with Gasteiger partial charge in [0.1, 0.15) is 17.4 Å². The number of halogens is 2. The van der Waals surface area contributed by atoms with Gasteiger partial charge >= 0.3 is 0 Å². The number of primary amides is 1. The van der Waals surface area contributed by atoms with Crippen LogP contribution in [0.25, 0.3) is 0 Å². The first-order chi connectivity index (χ1) is 18.9. The van der Waals surface area contributed by atoms with Crippen LogP contribution >= 0.6 is 0 Å². The Morgan fingerprint density at radius 3 is 2.10 bits per heavy atom. The van der Waals surface area contributed by atoms with Crippen molar-refractivity contribution >= 4 is 23.3 Å². The number of pyridine rings is 1. The lowest BCUT2D eigenvalue weighted by Crippen LogP contribution is -2.32. The summed E-state index contributed by atoms with van der Waals surface area (Å²) in [5, 5.41) is 0. The number of anilines is 1. The van der Waals surface area contributed by atoms with Gasteiger partial charge < -0.3 is 20.1 Å². The number of hydrogen-bond acceptors (Lipinski definition) is 8. The van der Waals surface area contributed by atoms with Crippen molar-refractivity contribution in [1.29, 1.82) is 0 Å². The molecule has 222 valence electrons. The van der Waals surface area contributed by atoms with Crippen molar-refractivity contribution in [2.45, 2.75) is 85.7 Å². The van der Waals surface area contributed by atoms with Crippen LogP contribution < -0.4 is 20.1 Å². The Kier molecular flexibility index (Phi) is 14.7. The molecule has 10 nitrogen and oxygen atoms in total. The summed E-state index contributed by atoms with van der Waals surface area (Å²) < 4.78 is 36.1. The number of ether oxygens (including phenoxy) is 2. The van der Waals surface area contributed by atoms with Crippen molar-refractivity contribution in [3.8, 4) is 11.6 Å². The molecule has 1 aliphatic heterocycles. The molecule has 40 heavy (non-hydrogen) atoms. The molecule has 1 saturated heterocycles. The van der Waals surface area contributed by atoms with Crippen LogP contribution in [0.2, 0.25) is 0 Å². The fourth-order valence-corrected chi connectivity index (χ4v) is 3.25. The van der Waals surface area contributed by atoms with Crippen molar-refractivity contribution in [2.24, 2.45) is 11.7 Å². The molecule has 0 spiro atoms. The third-order valence-electron chi connectivity index (χ3n) is 5.72. The molecule has 2 fully saturated rings. The Morgan fingerprint density at radius 2 is 1.70 bits per heavy atom. The minimum atomic E-state index is -2.93. The van der Waals surface area contributed by atoms with E-state index in [-0.39, 0.29) is 17.7 Å². The fraction of sp³-hybridized carbons (Fsp3) is 0.571. The van der Waals surface area contributed by atoms with Gasteiger partial charge in [-0.15, -0.1) is 0 Å². The highest BCUT2D eigenvalue weighted by atomic mass is 19.3. The molecule has 2 N–H and O–H groups in total. The van der Waals surface area contributed by atoms with E-state index in [1.54, 1.807) is 38.1 Å². The summed E-state index contributed by atoms with van der Waals surface area (Å²) in [4.78, 5) is 46.2. The number of hydrogen-bond donors (Lipinski definition) is 1. The normalized spacial score (nSPS) is 16.1. The van der Waals surface area contributed by atoms with Gasteiger partial charge in [-0.1, -0.05) is 27.2 Å². The molecule has 1 atom stereocenters. The van der Waals surface area contributed by atoms with E-state index in [4.69, 9.17) is 9.47 Å². The Labute approximate surface area is 234 Å². The van der Waals surface area contributed by atoms with Gasteiger partial charge in [0.2, 0.25) is 11.8 Å². The first-order valence-corrected chi connectivity index (χ1v) is 13.4. The van der Waals surface area contributed by atoms with Crippen molar-refractivity contribution in [2.75, 3.05) is 18.1 Å². The molecule has 2 aromatic heterocycles. The number of carbonyl (C=O) groups is 3. The first-order valence-electron chi connectivity index (χ1n) is 13.4. The standard InChI is InChI=1S/C17H18F2N4O3.C6H10O.C3H7NO.C2H6/c1-11-20-7-12(8-21-11)23-6-5-14(16(23)24)26-13-3-4-15(22-9-13)25-10-17(2,18)19;1-5(7)6-3-2-4-6;1-2-3(4)5;1-2/h3-4,7-9,14H,5-6,10H2,1-2H3;6H,2-4H2,1H3;2H2,1H3,(H2,4,5);1-2H3/t14-;;;/m1.../s1. The smallest absolute Gasteiger partial charge is 0.278 e. The van der Waals surface area contributed by atoms with E-state index < -0.39 is 18.6 Å². The molecule has 3 heterocycles. The second-order valence-electron chi connectivity index (χ2n) is 9.12. The largest absolute Gasteiger partial charge is 0.479 e. The zero-order chi connectivity index (χ0) is 30.3. The summed E-state index contributed by atoms with van der Waals surface area (Å²) in [6, 6.07) is 2.95. The van der Waals surface area contributed by atoms with Gasteiger partial charge in [0, 0.05) is 38.3 Å². The van der Waals surface area contributed by atoms with Crippen LogP contribution in [0.5, 0.6) is 11.6 Å². The summed E-state index contributed by atoms with van der Waals surface area (Å²) in [6.07, 6.45) is 8.40. The summed E-state index contributed by atoms with van der Waals surface area (Å²) in [7, 11) is 0. The van der Waals surface area contributed by atoms with Crippen LogP contribution in [0.3, 0.4) is 0 Å². The van der Waals surface area contributed by atoms with E-state index in [0.717, 1.165) is 19.8 Å². The average molecular weight is 566 g/mol. The third-order valence-corrected chi connectivity index (χ3v) is 5.72. The highest BCUT2D eigenvalue weighted by molar-refractivity contribution is 5.98. The first kappa shape index (κ1) is 34.3. The van der Waals surface area contributed by atoms with Gasteiger partial charge in [0.25, 0.3) is 11.8 Å². The highest BCUT2D eigenvalue weighted by Crippen LogP contribution is 2.26. The molecule has 0 bridgehead atoms. The number of carbonyl (C=O) groups excluding carboxylic acids is 3. The van der Waals surface area contributed by atoms with Crippen molar-refractivity contribution in [3.05, 3.63) is 36.5 Å². The quantitative estimate of drug-likeness (QED) is 0.487. The van der Waals surface area contributed by atoms with Crippen LogP contribution in [-0.2, 0) is 14.4 Å². The maximum atomic E-state index is 12.8. The molecule has 2 aliphatic rings. The van der Waals surface area contributed by atoms with Crippen molar-refractivity contribution in [1.82, 2.24) is 15.0 Å². The lowest BCUT2D eigenvalue weighted by Gasteiger charge is -2.21. The maximum Gasteiger partial charge on any atom is 0.278 e. The molecule has 2 aromatic rings. The molecule has 1 saturated carbocycles. The number of aryl methyl sites for hydroxylation is 1. The molecule has 0 radical (unpaired) electrons. The summed E-state index contributed by atoms with van der Waals surface area (Å²) in [6.45, 7) is 9.68. The van der Waals surface area contributed by atoms with E-state index in [2.05, 4.69) is 20.7 Å². The molecule has 0 unspecified atom stereocenters. The number of Topliss-reactive ketones (excluding diaryl/α,β-unsaturated/α-hetero) is 1. The number of amides is 2. The Morgan fingerprint density at radius 1 is 1.10 bits per heavy atom. The predicted octanol–water partition coefficient (Wildman–Crippen LogP) is 4.68. The van der Waals surface area contributed by atoms with Crippen LogP contribution in [0.15, 0.2) is 30.7 Å². The number of nitrogens with zero attached hydrogens (tertiary/aromatic N) is 4. The predicted molar refractivity (Wildman–Crippen MR) is 147 cm³/mol. The summed E-state index contributed by atoms with van der Waals surface area (Å²) >= 11 is 0. The van der Waals surface area contributed by atoms with Crippen LogP contribution in [0.4, 0.5) is 14.5 Å². The zero-order valence-corrected chi connectivity index (χ0v) is 24.2. The van der Waals surface area contributed by atoms with Gasteiger partial charge in [0.05, 0.1) is 24.3 Å². The van der Waals surface area contributed by atoms with Gasteiger partial charge in [-0.3, -0.25) is 14.4 Å². The Balaban J connectivity index is 0.000000471. The number of alkyl halides is 2. The second kappa shape index (κ2) is 17.1. The van der Waals surface area contributed by atoms with Crippen molar-refractivity contribution in [3.63, 3.8) is 0 Å². The topological polar surface area (TPSA) is 138 Å². The van der Waals surface area contributed by atoms with Crippen molar-refractivity contribution < 1.29 is 32.6 Å². The number of ketones is 1. The lowest BCUT2D eigenvalue weighted by atomic mass is 9.83. The summed E-state index contributed by atoms with van der Waals surface area (Å²) in [5.74, 6) is -1.49. The third kappa shape index (κ3) is 12.4. The van der Waals surface area contributed by atoms with Gasteiger partial charge in [-0.2, -0.15) is 0 Å². The molecular formula is C28H41F2N5O5. The number of nitrogens with two attached hydrogens (primary N) is 1. The SMILES string of the molecule is CC.CC(=O)C1CCC1.CCC(N)=O.Cc1ncc(N2CC[C@@H](Oc3ccc(OCC(C)(F)F)nc3)C2=O)cn1. The van der Waals surface area contributed by atoms with Gasteiger partial charge in [0.15, 0.2) is 12.7 Å². The molecule has 0 aromatic carbocycles. The Bertz CT molecular complexity index is 1060. The molecule has 2 amide bonds. The minimum absolute atomic E-state index is 0.0649. The van der Waals surface area contributed by atoms with E-state index in [9.17, 15) is 23.2 Å². The van der Waals surface area contributed by atoms with Gasteiger partial charge in [-0.05, 0) is 32.8 Å². The fourth-order valence-electron chi connectivity index (χ4n) is 3.25. The van der Waals surface area contributed by atoms with E-state index in [1.807, 2.05) is 13.8 Å². The minimum Gasteiger partial charge on any atom is -0.479 e. The van der Waals surface area contributed by atoms with E-state index in [0.29, 0.717) is 48.3 Å². The summed E-state index contributed by atoms with van der Waals surface area (Å²) in [5.41, 5.74) is 5.27. The highest BCUT2D eigenvalue weighted by Gasteiger charge is 2.34. The van der Waals surface area contributed by atoms with E-state index in [1.165, 1.54) is 24.8 Å². The lowest BCUT2D eigenvalue weighted by molar-refractivity contribution is -0.123. The monoisotopic (exact) mass is 565 g/mol. The number of rotatable bonds is 8. The van der Waals surface area contributed by atoms with Gasteiger partial charge in [-0.25, -0.2) is 23.7 Å². The van der Waals surface area contributed by atoms with Crippen LogP contribution in [0.1, 0.15) is 72.5 Å². The second-order valence-corrected chi connectivity index (χ2v) is 9.12. The average Bonchev–Trinajstić information content (AvgIpc) is 3.24. The number of aromatic nitrogens is 3. The van der Waals surface area contributed by atoms with E-state index >= 15 is 0 Å². The molecule has 4 rings (SSSR count). The molecular weight excluding hydrogens is 524 g/mol. The molecule has 12 heteroatoms. The maximum absolute atomic E-state index is 12.8.